The maximum absolute atomic E-state index is 14.0. The number of rotatable bonds is 6. The van der Waals surface area contributed by atoms with Gasteiger partial charge in [0.1, 0.15) is 23.9 Å². The number of nitrogens with zero attached hydrogens (tertiary/aromatic N) is 1. The van der Waals surface area contributed by atoms with Crippen LogP contribution in [-0.4, -0.2) is 102 Å². The molecule has 3 fully saturated rings. The maximum Gasteiger partial charge on any atom is 0.408 e. The topological polar surface area (TPSA) is 150 Å². The number of esters is 1. The van der Waals surface area contributed by atoms with Crippen LogP contribution >= 0.6 is 0 Å². The molecule has 45 heavy (non-hydrogen) atoms. The van der Waals surface area contributed by atoms with E-state index in [1.807, 2.05) is 18.9 Å². The number of aliphatic hydroxyl groups is 1. The third kappa shape index (κ3) is 6.80. The molecule has 1 aliphatic carbocycles. The highest BCUT2D eigenvalue weighted by molar-refractivity contribution is 6.00. The van der Waals surface area contributed by atoms with E-state index in [-0.39, 0.29) is 30.8 Å². The van der Waals surface area contributed by atoms with Crippen molar-refractivity contribution in [1.82, 2.24) is 10.2 Å². The van der Waals surface area contributed by atoms with Crippen molar-refractivity contribution >= 4 is 23.6 Å². The summed E-state index contributed by atoms with van der Waals surface area (Å²) in [6, 6.07) is -1.06. The molecule has 0 unspecified atom stereocenters. The molecule has 3 heterocycles. The van der Waals surface area contributed by atoms with Crippen molar-refractivity contribution in [3.05, 3.63) is 11.8 Å². The van der Waals surface area contributed by atoms with Gasteiger partial charge in [0.2, 0.25) is 0 Å². The van der Waals surface area contributed by atoms with Gasteiger partial charge in [0.25, 0.3) is 0 Å². The molecule has 1 amide bonds. The van der Waals surface area contributed by atoms with E-state index < -0.39 is 83.4 Å². The Morgan fingerprint density at radius 2 is 1.71 bits per heavy atom. The lowest BCUT2D eigenvalue weighted by Gasteiger charge is -2.47. The van der Waals surface area contributed by atoms with E-state index in [0.717, 1.165) is 12.1 Å². The lowest BCUT2D eigenvalue weighted by molar-refractivity contribution is -0.295. The maximum atomic E-state index is 14.0. The summed E-state index contributed by atoms with van der Waals surface area (Å²) in [5, 5.41) is 14.3. The Balaban J connectivity index is 1.73. The Kier molecular flexibility index (Phi) is 10.4. The average molecular weight is 637 g/mol. The number of ketones is 2. The Morgan fingerprint density at radius 3 is 2.29 bits per heavy atom. The monoisotopic (exact) mass is 636 g/mol. The molecule has 0 spiro atoms. The summed E-state index contributed by atoms with van der Waals surface area (Å²) in [7, 11) is 3.42. The molecule has 12 heteroatoms. The third-order valence-electron chi connectivity index (χ3n) is 10.6. The van der Waals surface area contributed by atoms with Gasteiger partial charge in [0.05, 0.1) is 29.9 Å². The molecule has 0 aromatic heterocycles. The summed E-state index contributed by atoms with van der Waals surface area (Å²) in [6.07, 6.45) is -1.05. The molecular formula is C33H52N2O10. The molecule has 2 N–H and O–H groups in total. The highest BCUT2D eigenvalue weighted by Crippen LogP contribution is 2.40. The van der Waals surface area contributed by atoms with Gasteiger partial charge >= 0.3 is 12.1 Å². The molecule has 4 aliphatic rings. The SMILES string of the molecule is CC[C@H]1OC(=O)[C@H](C)C(=O)[C@H](C)[C@@H](O[C@@H]2O[C@H](C)C[C@H](N(C)C3=CC3)[C@H]2O)[C@](C)(OC)C[C@@H](C)C(=O)[C@H](C)[C@H]2NC(=O)O[C@@]21C. The molecule has 4 rings (SSSR count). The zero-order valence-corrected chi connectivity index (χ0v) is 28.3. The van der Waals surface area contributed by atoms with Crippen LogP contribution < -0.4 is 5.32 Å². The second-order valence-corrected chi connectivity index (χ2v) is 13.9. The van der Waals surface area contributed by atoms with Gasteiger partial charge in [-0.3, -0.25) is 14.4 Å². The fourth-order valence-electron chi connectivity index (χ4n) is 7.60. The number of carbonyl (C=O) groups is 4. The highest BCUT2D eigenvalue weighted by atomic mass is 16.7. The molecule has 13 atom stereocenters. The molecule has 0 radical (unpaired) electrons. The summed E-state index contributed by atoms with van der Waals surface area (Å²) in [4.78, 5) is 56.1. The summed E-state index contributed by atoms with van der Waals surface area (Å²) < 4.78 is 30.3. The van der Waals surface area contributed by atoms with Crippen molar-refractivity contribution < 1.29 is 48.0 Å². The molecule has 3 saturated heterocycles. The number of fused-ring (bicyclic) bond motifs is 1. The highest BCUT2D eigenvalue weighted by Gasteiger charge is 2.57. The molecule has 0 bridgehead atoms. The zero-order valence-electron chi connectivity index (χ0n) is 28.3. The number of ether oxygens (including phenoxy) is 5. The Morgan fingerprint density at radius 1 is 1.07 bits per heavy atom. The third-order valence-corrected chi connectivity index (χ3v) is 10.6. The minimum absolute atomic E-state index is 0.151. The zero-order chi connectivity index (χ0) is 33.6. The second-order valence-electron chi connectivity index (χ2n) is 13.9. The van der Waals surface area contributed by atoms with Crippen molar-refractivity contribution in [2.45, 2.75) is 135 Å². The molecule has 3 aliphatic heterocycles. The van der Waals surface area contributed by atoms with E-state index in [0.29, 0.717) is 6.42 Å². The standard InChI is InChI=1S/C33H52N2O10/c1-11-23-33(8)27(34-31(40)45-33)18(4)24(36)16(2)15-32(7,41-10)28(19(5)25(37)20(6)29(39)43-23)44-30-26(38)22(14-17(3)42-30)35(9)21-12-13-21/h12,16-20,22-23,26-28,30,38H,11,13-15H2,1-10H3,(H,34,40)/t16-,17-,18+,19+,20-,22+,23-,26-,27-,28-,30+,32-,33-/m1/s1. The van der Waals surface area contributed by atoms with Crippen LogP contribution in [0.1, 0.15) is 81.1 Å². The van der Waals surface area contributed by atoms with E-state index in [1.165, 1.54) is 14.0 Å². The van der Waals surface area contributed by atoms with Crippen LogP contribution in [0.25, 0.3) is 0 Å². The lowest BCUT2D eigenvalue weighted by atomic mass is 9.73. The van der Waals surface area contributed by atoms with Gasteiger partial charge in [0, 0.05) is 44.0 Å². The fourth-order valence-corrected chi connectivity index (χ4v) is 7.60. The van der Waals surface area contributed by atoms with E-state index >= 15 is 0 Å². The molecule has 254 valence electrons. The van der Waals surface area contributed by atoms with Crippen molar-refractivity contribution in [3.63, 3.8) is 0 Å². The predicted molar refractivity (Wildman–Crippen MR) is 163 cm³/mol. The number of hydrogen-bond donors (Lipinski definition) is 2. The number of nitrogens with one attached hydrogen (secondary N) is 1. The second kappa shape index (κ2) is 13.3. The van der Waals surface area contributed by atoms with Crippen LogP contribution in [-0.2, 0) is 38.1 Å². The first-order chi connectivity index (χ1) is 21.0. The van der Waals surface area contributed by atoms with E-state index in [4.69, 9.17) is 23.7 Å². The number of amides is 1. The first-order valence-corrected chi connectivity index (χ1v) is 16.2. The van der Waals surface area contributed by atoms with Gasteiger partial charge in [-0.25, -0.2) is 4.79 Å². The van der Waals surface area contributed by atoms with Crippen LogP contribution in [0, 0.1) is 23.7 Å². The summed E-state index contributed by atoms with van der Waals surface area (Å²) >= 11 is 0. The number of aliphatic hydroxyl groups excluding tert-OH is 1. The van der Waals surface area contributed by atoms with E-state index in [1.54, 1.807) is 41.5 Å². The first kappa shape index (κ1) is 35.3. The summed E-state index contributed by atoms with van der Waals surface area (Å²) in [6.45, 7) is 13.8. The van der Waals surface area contributed by atoms with Crippen LogP contribution in [0.2, 0.25) is 0 Å². The summed E-state index contributed by atoms with van der Waals surface area (Å²) in [5.41, 5.74) is -1.43. The van der Waals surface area contributed by atoms with Gasteiger partial charge in [-0.2, -0.15) is 0 Å². The van der Waals surface area contributed by atoms with Crippen molar-refractivity contribution in [2.75, 3.05) is 14.2 Å². The first-order valence-electron chi connectivity index (χ1n) is 16.2. The number of carbonyl (C=O) groups excluding carboxylic acids is 4. The van der Waals surface area contributed by atoms with Crippen molar-refractivity contribution in [3.8, 4) is 0 Å². The largest absolute Gasteiger partial charge is 0.458 e. The van der Waals surface area contributed by atoms with E-state index in [2.05, 4.69) is 11.4 Å². The lowest BCUT2D eigenvalue weighted by Crippen LogP contribution is -2.60. The Hall–Kier alpha value is -2.54. The minimum atomic E-state index is -1.34. The van der Waals surface area contributed by atoms with Crippen LogP contribution in [0.3, 0.4) is 0 Å². The van der Waals surface area contributed by atoms with Gasteiger partial charge in [-0.05, 0) is 47.0 Å². The van der Waals surface area contributed by atoms with Crippen LogP contribution in [0.4, 0.5) is 4.79 Å². The number of alkyl carbamates (subject to hydrolysis) is 1. The normalized spacial score (nSPS) is 44.6. The number of cyclic esters (lactones) is 1. The molecule has 0 aromatic rings. The van der Waals surface area contributed by atoms with Crippen LogP contribution in [0.15, 0.2) is 11.8 Å². The average Bonchev–Trinajstić information content (AvgIpc) is 3.80. The van der Waals surface area contributed by atoms with Gasteiger partial charge < -0.3 is 39.0 Å². The number of likely N-dealkylation sites (N-methyl/N-ethyl adjacent to an activating group) is 1. The Labute approximate surface area is 266 Å². The minimum Gasteiger partial charge on any atom is -0.458 e. The predicted octanol–water partition coefficient (Wildman–Crippen LogP) is 3.14. The summed E-state index contributed by atoms with van der Waals surface area (Å²) in [5.74, 6) is -4.81. The van der Waals surface area contributed by atoms with Gasteiger partial charge in [-0.1, -0.05) is 33.8 Å². The van der Waals surface area contributed by atoms with E-state index in [9.17, 15) is 24.3 Å². The smallest absolute Gasteiger partial charge is 0.408 e. The number of Topliss-reactive ketones (excluding diaryl/α,β-unsaturated/α-hetero) is 2. The van der Waals surface area contributed by atoms with Gasteiger partial charge in [0.15, 0.2) is 17.7 Å². The molecule has 0 aromatic carbocycles. The Bertz CT molecular complexity index is 1190. The van der Waals surface area contributed by atoms with Gasteiger partial charge in [-0.15, -0.1) is 0 Å². The fraction of sp³-hybridized carbons (Fsp3) is 0.818. The number of allylic oxidation sites excluding steroid dienone is 2. The van der Waals surface area contributed by atoms with Crippen LogP contribution in [0.5, 0.6) is 0 Å². The number of hydrogen-bond acceptors (Lipinski definition) is 11. The number of methoxy groups -OCH3 is 1. The molecule has 0 saturated carbocycles. The van der Waals surface area contributed by atoms with Crippen molar-refractivity contribution in [2.24, 2.45) is 23.7 Å². The molecular weight excluding hydrogens is 584 g/mol. The molecule has 12 nitrogen and oxygen atoms in total. The quantitative estimate of drug-likeness (QED) is 0.327. The van der Waals surface area contributed by atoms with Crippen molar-refractivity contribution in [1.29, 1.82) is 0 Å².